The van der Waals surface area contributed by atoms with Crippen LogP contribution in [0.5, 0.6) is 0 Å². The molecule has 11 heteroatoms. The largest absolute Gasteiger partial charge is 2.00 e. The third-order valence-corrected chi connectivity index (χ3v) is 11.5. The van der Waals surface area contributed by atoms with Gasteiger partial charge in [-0.15, -0.1) is 0 Å². The number of unbranched alkanes of at least 4 members (excludes halogenated alkanes) is 12. The van der Waals surface area contributed by atoms with Crippen LogP contribution in [0.3, 0.4) is 0 Å². The van der Waals surface area contributed by atoms with Gasteiger partial charge in [-0.05, 0) is 114 Å². The normalized spacial score (nSPS) is 12.7. The first kappa shape index (κ1) is 62.8. The molecular weight excluding hydrogens is 946 g/mol. The van der Waals surface area contributed by atoms with E-state index in [2.05, 4.69) is 13.8 Å². The number of hydrogen-bond donors (Lipinski definition) is 0. The molecule has 0 heterocycles. The minimum absolute atomic E-state index is 0. The summed E-state index contributed by atoms with van der Waals surface area (Å²) < 4.78 is 23.1. The van der Waals surface area contributed by atoms with Crippen LogP contribution in [0.25, 0.3) is 0 Å². The van der Waals surface area contributed by atoms with Gasteiger partial charge in [-0.25, -0.2) is 0 Å². The predicted octanol–water partition coefficient (Wildman–Crippen LogP) is 11.1. The second-order valence-corrected chi connectivity index (χ2v) is 17.5. The van der Waals surface area contributed by atoms with Gasteiger partial charge in [-0.3, -0.25) is 9.59 Å². The molecule has 0 aliphatic rings. The minimum atomic E-state index is -0.992. The average Bonchev–Trinajstić information content (AvgIpc) is 3.26. The fourth-order valence-electron chi connectivity index (χ4n) is 7.93. The van der Waals surface area contributed by atoms with Crippen molar-refractivity contribution < 1.29 is 48.3 Å². The van der Waals surface area contributed by atoms with Crippen LogP contribution < -0.4 is 10.2 Å². The summed E-state index contributed by atoms with van der Waals surface area (Å²) in [6.45, 7) is 8.48. The molecule has 2 rings (SSSR count). The van der Waals surface area contributed by atoms with E-state index in [0.717, 1.165) is 140 Å². The number of carboxylic acids is 2. The van der Waals surface area contributed by atoms with E-state index in [4.69, 9.17) is 18.9 Å². The van der Waals surface area contributed by atoms with E-state index in [1.807, 2.05) is 60.7 Å². The second kappa shape index (κ2) is 44.3. The molecule has 4 atom stereocenters. The van der Waals surface area contributed by atoms with Crippen LogP contribution in [-0.4, -0.2) is 97.2 Å². The van der Waals surface area contributed by atoms with Crippen molar-refractivity contribution in [1.82, 2.24) is 0 Å². The van der Waals surface area contributed by atoms with Gasteiger partial charge in [0.2, 0.25) is 0 Å². The molecule has 10 nitrogen and oxygen atoms in total. The maximum atomic E-state index is 11.3. The van der Waals surface area contributed by atoms with Crippen LogP contribution in [0.4, 0.5) is 0 Å². The Morgan fingerprint density at radius 1 is 0.415 bits per heavy atom. The Balaban J connectivity index is 0.00000124. The predicted molar refractivity (Wildman–Crippen MR) is 258 cm³/mol. The van der Waals surface area contributed by atoms with E-state index in [-0.39, 0.29) is 98.1 Å². The van der Waals surface area contributed by atoms with Gasteiger partial charge in [-0.1, -0.05) is 152 Å². The zero-order valence-electron chi connectivity index (χ0n) is 41.1. The molecule has 0 N–H and O–H groups in total. The first-order chi connectivity index (χ1) is 31.0. The van der Waals surface area contributed by atoms with E-state index in [1.165, 1.54) is 39.5 Å². The molecule has 0 saturated heterocycles. The van der Waals surface area contributed by atoms with Gasteiger partial charge in [0.15, 0.2) is 0 Å². The molecule has 0 amide bonds. The number of carbonyl (C=O) groups is 4. The molecule has 0 aliphatic carbocycles. The Hall–Kier alpha value is -2.19. The number of esters is 2. The SMILES string of the molecule is CCCCCC(CCCCCCCC(CCCC(=O)[O-])OCc1ccccc1)OC(C)=O.CCCCCC(CCCCCCCC(CCCC(=O)[O-])OCc1ccccc1)OC(C)=O.[Ba+2]. The van der Waals surface area contributed by atoms with Crippen LogP contribution >= 0.6 is 0 Å². The quantitative estimate of drug-likeness (QED) is 0.0358. The van der Waals surface area contributed by atoms with Gasteiger partial charge in [0.05, 0.1) is 25.4 Å². The third-order valence-electron chi connectivity index (χ3n) is 11.5. The van der Waals surface area contributed by atoms with Crippen LogP contribution in [0.15, 0.2) is 60.7 Å². The van der Waals surface area contributed by atoms with E-state index >= 15 is 0 Å². The molecule has 0 aromatic heterocycles. The maximum absolute atomic E-state index is 11.3. The van der Waals surface area contributed by atoms with Crippen molar-refractivity contribution in [3.63, 3.8) is 0 Å². The van der Waals surface area contributed by atoms with Crippen molar-refractivity contribution in [1.29, 1.82) is 0 Å². The van der Waals surface area contributed by atoms with E-state index in [9.17, 15) is 29.4 Å². The van der Waals surface area contributed by atoms with Crippen molar-refractivity contribution in [3.8, 4) is 0 Å². The summed E-state index contributed by atoms with van der Waals surface area (Å²) >= 11 is 0. The molecule has 0 radical (unpaired) electrons. The van der Waals surface area contributed by atoms with Gasteiger partial charge in [0.25, 0.3) is 0 Å². The number of rotatable bonds is 40. The Bertz CT molecular complexity index is 1320. The van der Waals surface area contributed by atoms with Crippen molar-refractivity contribution in [2.75, 3.05) is 0 Å². The molecule has 2 aromatic carbocycles. The van der Waals surface area contributed by atoms with E-state index in [1.54, 1.807) is 0 Å². The summed E-state index contributed by atoms with van der Waals surface area (Å²) in [6.07, 6.45) is 27.1. The second-order valence-electron chi connectivity index (χ2n) is 17.5. The topological polar surface area (TPSA) is 151 Å². The summed E-state index contributed by atoms with van der Waals surface area (Å²) in [5.41, 5.74) is 2.28. The molecule has 2 aromatic rings. The molecule has 65 heavy (non-hydrogen) atoms. The summed E-state index contributed by atoms with van der Waals surface area (Å²) in [6, 6.07) is 20.2. The fraction of sp³-hybridized carbons (Fsp3) is 0.704. The van der Waals surface area contributed by atoms with E-state index < -0.39 is 11.9 Å². The smallest absolute Gasteiger partial charge is 0.550 e. The number of carbonyl (C=O) groups excluding carboxylic acids is 4. The van der Waals surface area contributed by atoms with Gasteiger partial charge < -0.3 is 38.7 Å². The van der Waals surface area contributed by atoms with Gasteiger partial charge in [-0.2, -0.15) is 0 Å². The molecule has 0 spiro atoms. The van der Waals surface area contributed by atoms with Gasteiger partial charge in [0.1, 0.15) is 12.2 Å². The standard InChI is InChI=1S/2C27H44O5.Ba/c2*1-3-4-9-18-26(32-23(2)28)19-13-7-5-6-12-17-25(20-14-21-27(29)30)31-22-24-15-10-8-11-16-24;/h2*8,10-11,15-16,25-26H,3-7,9,12-14,17-22H2,1-2H3,(H,29,30);/q;;+2/p-2. The Kier molecular flexibility index (Phi) is 42.8. The van der Waals surface area contributed by atoms with Crippen molar-refractivity contribution in [2.45, 2.75) is 245 Å². The molecule has 0 aliphatic heterocycles. The van der Waals surface area contributed by atoms with Crippen LogP contribution in [0.2, 0.25) is 0 Å². The number of benzene rings is 2. The van der Waals surface area contributed by atoms with E-state index in [0.29, 0.717) is 26.1 Å². The number of hydrogen-bond acceptors (Lipinski definition) is 10. The minimum Gasteiger partial charge on any atom is -0.550 e. The average molecular weight is 1030 g/mol. The van der Waals surface area contributed by atoms with Crippen molar-refractivity contribution in [2.24, 2.45) is 0 Å². The monoisotopic (exact) mass is 1030 g/mol. The van der Waals surface area contributed by atoms with Gasteiger partial charge >= 0.3 is 60.8 Å². The van der Waals surface area contributed by atoms with Crippen LogP contribution in [0, 0.1) is 0 Å². The van der Waals surface area contributed by atoms with Crippen LogP contribution in [0.1, 0.15) is 219 Å². The maximum Gasteiger partial charge on any atom is 2.00 e. The number of aliphatic carboxylic acids is 2. The Morgan fingerprint density at radius 3 is 0.985 bits per heavy atom. The molecule has 0 saturated carbocycles. The molecule has 0 bridgehead atoms. The summed E-state index contributed by atoms with van der Waals surface area (Å²) in [4.78, 5) is 44.1. The number of carboxylic acid groups (broad SMARTS) is 2. The molecule has 4 unspecified atom stereocenters. The molecule has 364 valence electrons. The summed E-state index contributed by atoms with van der Waals surface area (Å²) in [5, 5.41) is 21.4. The van der Waals surface area contributed by atoms with Crippen molar-refractivity contribution in [3.05, 3.63) is 71.8 Å². The Labute approximate surface area is 434 Å². The Morgan fingerprint density at radius 2 is 0.692 bits per heavy atom. The summed E-state index contributed by atoms with van der Waals surface area (Å²) in [5.74, 6) is -2.33. The van der Waals surface area contributed by atoms with Crippen molar-refractivity contribution >= 4 is 72.8 Å². The molecular formula is C54H86BaO10. The van der Waals surface area contributed by atoms with Crippen LogP contribution in [-0.2, 0) is 51.3 Å². The first-order valence-electron chi connectivity index (χ1n) is 25.1. The summed E-state index contributed by atoms with van der Waals surface area (Å²) in [7, 11) is 0. The third kappa shape index (κ3) is 40.6. The van der Waals surface area contributed by atoms with Gasteiger partial charge in [0, 0.05) is 25.8 Å². The zero-order chi connectivity index (χ0) is 46.9. The molecule has 0 fully saturated rings. The zero-order valence-corrected chi connectivity index (χ0v) is 45.5. The number of ether oxygens (including phenoxy) is 4. The fourth-order valence-corrected chi connectivity index (χ4v) is 7.93. The first-order valence-corrected chi connectivity index (χ1v) is 25.1.